The Balaban J connectivity index is 2.12. The lowest BCUT2D eigenvalue weighted by molar-refractivity contribution is -0.535. The smallest absolute Gasteiger partial charge is 0.256 e. The second kappa shape index (κ2) is 7.05. The van der Waals surface area contributed by atoms with Gasteiger partial charge >= 0.3 is 0 Å². The van der Waals surface area contributed by atoms with Gasteiger partial charge in [0.1, 0.15) is 0 Å². The van der Waals surface area contributed by atoms with E-state index in [1.54, 1.807) is 25.2 Å². The molecule has 1 aromatic carbocycles. The maximum Gasteiger partial charge on any atom is 0.256 e. The zero-order valence-corrected chi connectivity index (χ0v) is 13.7. The van der Waals surface area contributed by atoms with Crippen molar-refractivity contribution in [2.75, 3.05) is 0 Å². The van der Waals surface area contributed by atoms with E-state index in [1.165, 1.54) is 5.56 Å². The Morgan fingerprint density at radius 1 is 1.22 bits per heavy atom. The van der Waals surface area contributed by atoms with Crippen molar-refractivity contribution < 1.29 is 4.92 Å². The van der Waals surface area contributed by atoms with Gasteiger partial charge in [0.25, 0.3) is 5.54 Å². The van der Waals surface area contributed by atoms with E-state index in [0.717, 1.165) is 16.7 Å². The number of aryl methyl sites for hydroxylation is 1. The van der Waals surface area contributed by atoms with Gasteiger partial charge in [-0.1, -0.05) is 66.3 Å². The van der Waals surface area contributed by atoms with Crippen LogP contribution >= 0.6 is 0 Å². The third-order valence-electron chi connectivity index (χ3n) is 3.87. The van der Waals surface area contributed by atoms with Crippen LogP contribution in [-0.4, -0.2) is 10.5 Å². The molecule has 1 unspecified atom stereocenters. The van der Waals surface area contributed by atoms with Gasteiger partial charge in [0.15, 0.2) is 0 Å². The first-order chi connectivity index (χ1) is 10.9. The van der Waals surface area contributed by atoms with Crippen molar-refractivity contribution in [2.45, 2.75) is 26.3 Å². The number of rotatable bonds is 4. The zero-order chi connectivity index (χ0) is 16.9. The lowest BCUT2D eigenvalue weighted by Gasteiger charge is -2.10. The van der Waals surface area contributed by atoms with Crippen LogP contribution in [0.4, 0.5) is 0 Å². The molecule has 2 rings (SSSR count). The van der Waals surface area contributed by atoms with Gasteiger partial charge in [0.05, 0.1) is 0 Å². The average molecular weight is 307 g/mol. The standard InChI is InChI=1S/C20H21NO2/c1-16-9-11-18(12-10-16)7-4-6-17(2)19-8-5-14-20(3,15-13-19)21(22)23/h4-15H,1-3H3/b7-4+,17-6+. The predicted octanol–water partition coefficient (Wildman–Crippen LogP) is 5.04. The van der Waals surface area contributed by atoms with E-state index in [9.17, 15) is 10.1 Å². The van der Waals surface area contributed by atoms with E-state index in [2.05, 4.69) is 31.2 Å². The Labute approximate surface area is 137 Å². The fourth-order valence-electron chi connectivity index (χ4n) is 2.18. The summed E-state index contributed by atoms with van der Waals surface area (Å²) in [6.45, 7) is 5.65. The fraction of sp³-hybridized carbons (Fsp3) is 0.200. The van der Waals surface area contributed by atoms with Crippen molar-refractivity contribution in [3.8, 4) is 0 Å². The number of hydrogen-bond donors (Lipinski definition) is 0. The van der Waals surface area contributed by atoms with E-state index in [-0.39, 0.29) is 4.92 Å². The maximum atomic E-state index is 11.1. The van der Waals surface area contributed by atoms with Crippen LogP contribution in [-0.2, 0) is 0 Å². The topological polar surface area (TPSA) is 43.1 Å². The lowest BCUT2D eigenvalue weighted by atomic mass is 10.0. The van der Waals surface area contributed by atoms with E-state index >= 15 is 0 Å². The van der Waals surface area contributed by atoms with E-state index in [1.807, 2.05) is 37.3 Å². The molecule has 0 saturated heterocycles. The number of benzene rings is 1. The molecule has 0 amide bonds. The molecule has 23 heavy (non-hydrogen) atoms. The molecule has 0 aliphatic heterocycles. The first-order valence-electron chi connectivity index (χ1n) is 7.56. The van der Waals surface area contributed by atoms with Crippen molar-refractivity contribution in [1.82, 2.24) is 0 Å². The molecule has 1 aromatic rings. The highest BCUT2D eigenvalue weighted by Gasteiger charge is 2.30. The molecular formula is C20H21NO2. The summed E-state index contributed by atoms with van der Waals surface area (Å²) in [7, 11) is 0. The number of nitrogens with zero attached hydrogens (tertiary/aromatic N) is 1. The molecule has 3 heteroatoms. The summed E-state index contributed by atoms with van der Waals surface area (Å²) in [6.07, 6.45) is 14.7. The van der Waals surface area contributed by atoms with Crippen molar-refractivity contribution in [3.63, 3.8) is 0 Å². The van der Waals surface area contributed by atoms with Crippen LogP contribution in [0, 0.1) is 17.0 Å². The molecule has 0 spiro atoms. The number of hydrogen-bond acceptors (Lipinski definition) is 2. The molecule has 0 aromatic heterocycles. The maximum absolute atomic E-state index is 11.1. The highest BCUT2D eigenvalue weighted by Crippen LogP contribution is 2.21. The summed E-state index contributed by atoms with van der Waals surface area (Å²) in [5, 5.41) is 11.1. The van der Waals surface area contributed by atoms with Crippen molar-refractivity contribution >= 4 is 6.08 Å². The van der Waals surface area contributed by atoms with Crippen LogP contribution in [0.5, 0.6) is 0 Å². The molecule has 0 bridgehead atoms. The number of nitro groups is 1. The molecule has 0 saturated carbocycles. The van der Waals surface area contributed by atoms with Crippen LogP contribution in [0.1, 0.15) is 25.0 Å². The minimum atomic E-state index is -1.14. The first kappa shape index (κ1) is 16.7. The molecule has 1 aliphatic carbocycles. The summed E-state index contributed by atoms with van der Waals surface area (Å²) in [5.74, 6) is 0. The van der Waals surface area contributed by atoms with Crippen molar-refractivity contribution in [2.24, 2.45) is 0 Å². The van der Waals surface area contributed by atoms with Crippen LogP contribution in [0.2, 0.25) is 0 Å². The van der Waals surface area contributed by atoms with Gasteiger partial charge in [-0.15, -0.1) is 0 Å². The Morgan fingerprint density at radius 2 is 1.91 bits per heavy atom. The Kier molecular flexibility index (Phi) is 5.12. The van der Waals surface area contributed by atoms with Crippen molar-refractivity contribution in [3.05, 3.63) is 99.2 Å². The third-order valence-corrected chi connectivity index (χ3v) is 3.87. The van der Waals surface area contributed by atoms with E-state index in [4.69, 9.17) is 0 Å². The van der Waals surface area contributed by atoms with Crippen LogP contribution < -0.4 is 0 Å². The predicted molar refractivity (Wildman–Crippen MR) is 95.7 cm³/mol. The van der Waals surface area contributed by atoms with Crippen LogP contribution in [0.25, 0.3) is 6.08 Å². The largest absolute Gasteiger partial charge is 0.263 e. The highest BCUT2D eigenvalue weighted by atomic mass is 16.6. The molecular weight excluding hydrogens is 286 g/mol. The Morgan fingerprint density at radius 3 is 2.57 bits per heavy atom. The second-order valence-electron chi connectivity index (χ2n) is 5.92. The van der Waals surface area contributed by atoms with Gasteiger partial charge in [-0.2, -0.15) is 0 Å². The van der Waals surface area contributed by atoms with Crippen molar-refractivity contribution in [1.29, 1.82) is 0 Å². The van der Waals surface area contributed by atoms with Crippen LogP contribution in [0.3, 0.4) is 0 Å². The Bertz CT molecular complexity index is 733. The van der Waals surface area contributed by atoms with Crippen LogP contribution in [0.15, 0.2) is 77.9 Å². The summed E-state index contributed by atoms with van der Waals surface area (Å²) in [6, 6.07) is 8.31. The normalized spacial score (nSPS) is 21.3. The monoisotopic (exact) mass is 307 g/mol. The molecule has 1 atom stereocenters. The second-order valence-corrected chi connectivity index (χ2v) is 5.92. The minimum Gasteiger partial charge on any atom is -0.263 e. The molecule has 0 radical (unpaired) electrons. The molecule has 118 valence electrons. The molecule has 0 N–H and O–H groups in total. The minimum absolute atomic E-state index is 0.285. The summed E-state index contributed by atoms with van der Waals surface area (Å²) in [5.41, 5.74) is 3.27. The van der Waals surface area contributed by atoms with Gasteiger partial charge in [-0.3, -0.25) is 10.1 Å². The van der Waals surface area contributed by atoms with E-state index in [0.29, 0.717) is 0 Å². The van der Waals surface area contributed by atoms with Gasteiger partial charge in [0.2, 0.25) is 0 Å². The van der Waals surface area contributed by atoms with Gasteiger partial charge in [-0.25, -0.2) is 0 Å². The zero-order valence-electron chi connectivity index (χ0n) is 13.7. The molecule has 3 nitrogen and oxygen atoms in total. The Hall–Kier alpha value is -2.68. The fourth-order valence-corrected chi connectivity index (χ4v) is 2.18. The van der Waals surface area contributed by atoms with E-state index < -0.39 is 5.54 Å². The summed E-state index contributed by atoms with van der Waals surface area (Å²) in [4.78, 5) is 10.8. The summed E-state index contributed by atoms with van der Waals surface area (Å²) >= 11 is 0. The van der Waals surface area contributed by atoms with Gasteiger partial charge in [0, 0.05) is 11.8 Å². The molecule has 0 fully saturated rings. The lowest BCUT2D eigenvalue weighted by Crippen LogP contribution is -2.29. The molecule has 0 heterocycles. The SMILES string of the molecule is C/C(=C\C=C\c1ccc(C)cc1)C1=CC=CC(C)([N+](=O)[O-])C=C1. The highest BCUT2D eigenvalue weighted by molar-refractivity contribution is 5.53. The van der Waals surface area contributed by atoms with Gasteiger partial charge < -0.3 is 0 Å². The summed E-state index contributed by atoms with van der Waals surface area (Å²) < 4.78 is 0. The quantitative estimate of drug-likeness (QED) is 0.444. The number of allylic oxidation sites excluding steroid dienone is 7. The first-order valence-corrected chi connectivity index (χ1v) is 7.56. The third kappa shape index (κ3) is 4.39. The average Bonchev–Trinajstić information content (AvgIpc) is 2.72. The molecule has 1 aliphatic rings. The van der Waals surface area contributed by atoms with Gasteiger partial charge in [-0.05, 0) is 42.7 Å².